The van der Waals surface area contributed by atoms with E-state index in [1.165, 1.54) is 17.5 Å². The summed E-state index contributed by atoms with van der Waals surface area (Å²) >= 11 is 0. The van der Waals surface area contributed by atoms with E-state index in [4.69, 9.17) is 4.74 Å². The molecule has 0 aromatic heterocycles. The van der Waals surface area contributed by atoms with Gasteiger partial charge in [0.2, 0.25) is 5.91 Å². The van der Waals surface area contributed by atoms with Crippen LogP contribution >= 0.6 is 0 Å². The normalized spacial score (nSPS) is 19.3. The molecule has 0 unspecified atom stereocenters. The zero-order valence-corrected chi connectivity index (χ0v) is 16.9. The summed E-state index contributed by atoms with van der Waals surface area (Å²) in [6.07, 6.45) is 4.45. The SMILES string of the molecule is C[C@H](Oc1ccc2c(c1)CCC2)C(=O)N1CCC[C@H](C(=O)Nc2ccccc2)C1. The van der Waals surface area contributed by atoms with E-state index in [1.807, 2.05) is 36.4 Å². The van der Waals surface area contributed by atoms with Crippen LogP contribution in [0.15, 0.2) is 48.5 Å². The van der Waals surface area contributed by atoms with Gasteiger partial charge in [-0.25, -0.2) is 0 Å². The largest absolute Gasteiger partial charge is 0.481 e. The Hall–Kier alpha value is -2.82. The zero-order chi connectivity index (χ0) is 20.2. The van der Waals surface area contributed by atoms with Crippen molar-refractivity contribution in [1.29, 1.82) is 0 Å². The summed E-state index contributed by atoms with van der Waals surface area (Å²) in [5.41, 5.74) is 3.51. The maximum atomic E-state index is 12.9. The number of hydrogen-bond donors (Lipinski definition) is 1. The fraction of sp³-hybridized carbons (Fsp3) is 0.417. The van der Waals surface area contributed by atoms with Crippen LogP contribution in [0, 0.1) is 5.92 Å². The molecular formula is C24H28N2O3. The summed E-state index contributed by atoms with van der Waals surface area (Å²) in [4.78, 5) is 27.3. The monoisotopic (exact) mass is 392 g/mol. The average Bonchev–Trinajstić information content (AvgIpc) is 3.22. The maximum Gasteiger partial charge on any atom is 0.263 e. The van der Waals surface area contributed by atoms with E-state index < -0.39 is 6.10 Å². The number of ether oxygens (including phenoxy) is 1. The highest BCUT2D eigenvalue weighted by Crippen LogP contribution is 2.27. The van der Waals surface area contributed by atoms with Crippen LogP contribution in [-0.4, -0.2) is 35.9 Å². The highest BCUT2D eigenvalue weighted by atomic mass is 16.5. The lowest BCUT2D eigenvalue weighted by molar-refractivity contribution is -0.140. The van der Waals surface area contributed by atoms with Crippen LogP contribution in [0.2, 0.25) is 0 Å². The number of aryl methyl sites for hydroxylation is 2. The molecule has 1 aliphatic carbocycles. The Morgan fingerprint density at radius 1 is 1.07 bits per heavy atom. The Morgan fingerprint density at radius 2 is 1.86 bits per heavy atom. The summed E-state index contributed by atoms with van der Waals surface area (Å²) < 4.78 is 5.95. The molecule has 5 nitrogen and oxygen atoms in total. The average molecular weight is 392 g/mol. The molecule has 1 saturated heterocycles. The van der Waals surface area contributed by atoms with Crippen molar-refractivity contribution in [3.05, 3.63) is 59.7 Å². The minimum Gasteiger partial charge on any atom is -0.481 e. The molecule has 2 aromatic rings. The highest BCUT2D eigenvalue weighted by molar-refractivity contribution is 5.93. The summed E-state index contributed by atoms with van der Waals surface area (Å²) in [6, 6.07) is 15.6. The first-order valence-corrected chi connectivity index (χ1v) is 10.5. The summed E-state index contributed by atoms with van der Waals surface area (Å²) in [5.74, 6) is 0.477. The molecule has 2 atom stereocenters. The van der Waals surface area contributed by atoms with Crippen molar-refractivity contribution in [3.63, 3.8) is 0 Å². The third kappa shape index (κ3) is 4.61. The Kier molecular flexibility index (Phi) is 5.84. The molecule has 0 radical (unpaired) electrons. The number of hydrogen-bond acceptors (Lipinski definition) is 3. The fourth-order valence-corrected chi connectivity index (χ4v) is 4.29. The first kappa shape index (κ1) is 19.5. The molecule has 1 fully saturated rings. The van der Waals surface area contributed by atoms with E-state index in [-0.39, 0.29) is 17.7 Å². The van der Waals surface area contributed by atoms with Crippen LogP contribution in [0.4, 0.5) is 5.69 Å². The van der Waals surface area contributed by atoms with Crippen LogP contribution in [0.25, 0.3) is 0 Å². The summed E-state index contributed by atoms with van der Waals surface area (Å²) in [6.45, 7) is 2.91. The smallest absolute Gasteiger partial charge is 0.263 e. The van der Waals surface area contributed by atoms with Gasteiger partial charge in [-0.1, -0.05) is 24.3 Å². The lowest BCUT2D eigenvalue weighted by Crippen LogP contribution is -2.48. The van der Waals surface area contributed by atoms with Gasteiger partial charge in [0.05, 0.1) is 5.92 Å². The van der Waals surface area contributed by atoms with Crippen LogP contribution in [0.3, 0.4) is 0 Å². The third-order valence-electron chi connectivity index (χ3n) is 5.88. The number of likely N-dealkylation sites (tertiary alicyclic amines) is 1. The van der Waals surface area contributed by atoms with Crippen LogP contribution in [0.5, 0.6) is 5.75 Å². The van der Waals surface area contributed by atoms with Crippen molar-refractivity contribution < 1.29 is 14.3 Å². The van der Waals surface area contributed by atoms with Crippen molar-refractivity contribution in [1.82, 2.24) is 4.90 Å². The Bertz CT molecular complexity index is 881. The minimum absolute atomic E-state index is 0.0270. The predicted octanol–water partition coefficient (Wildman–Crippen LogP) is 3.82. The number of anilines is 1. The second kappa shape index (κ2) is 8.68. The van der Waals surface area contributed by atoms with Crippen molar-refractivity contribution >= 4 is 17.5 Å². The molecule has 0 spiro atoms. The van der Waals surface area contributed by atoms with Crippen LogP contribution in [0.1, 0.15) is 37.3 Å². The summed E-state index contributed by atoms with van der Waals surface area (Å²) in [5, 5.41) is 2.96. The van der Waals surface area contributed by atoms with Gasteiger partial charge in [0, 0.05) is 18.8 Å². The van der Waals surface area contributed by atoms with Crippen LogP contribution in [-0.2, 0) is 22.4 Å². The number of fused-ring (bicyclic) bond motifs is 1. The van der Waals surface area contributed by atoms with Gasteiger partial charge in [-0.3, -0.25) is 9.59 Å². The number of carbonyl (C=O) groups excluding carboxylic acids is 2. The molecule has 2 aliphatic rings. The first-order chi connectivity index (χ1) is 14.1. The van der Waals surface area contributed by atoms with Gasteiger partial charge in [-0.15, -0.1) is 0 Å². The van der Waals surface area contributed by atoms with E-state index >= 15 is 0 Å². The lowest BCUT2D eigenvalue weighted by atomic mass is 9.96. The second-order valence-corrected chi connectivity index (χ2v) is 8.02. The Morgan fingerprint density at radius 3 is 2.69 bits per heavy atom. The standard InChI is InChI=1S/C24H28N2O3/c1-17(29-22-13-12-18-7-5-8-19(18)15-22)24(28)26-14-6-9-20(16-26)23(27)25-21-10-3-2-4-11-21/h2-4,10-13,15,17,20H,5-9,14,16H2,1H3,(H,25,27)/t17-,20-/m0/s1. The third-order valence-corrected chi connectivity index (χ3v) is 5.88. The van der Waals surface area contributed by atoms with Crippen molar-refractivity contribution in [3.8, 4) is 5.75 Å². The van der Waals surface area contributed by atoms with Crippen molar-refractivity contribution in [2.75, 3.05) is 18.4 Å². The number of para-hydroxylation sites is 1. The van der Waals surface area contributed by atoms with Gasteiger partial charge in [0.15, 0.2) is 6.10 Å². The van der Waals surface area contributed by atoms with E-state index in [1.54, 1.807) is 11.8 Å². The molecular weight excluding hydrogens is 364 g/mol. The lowest BCUT2D eigenvalue weighted by Gasteiger charge is -2.33. The minimum atomic E-state index is -0.564. The predicted molar refractivity (Wildman–Crippen MR) is 113 cm³/mol. The molecule has 29 heavy (non-hydrogen) atoms. The molecule has 0 saturated carbocycles. The van der Waals surface area contributed by atoms with Gasteiger partial charge >= 0.3 is 0 Å². The van der Waals surface area contributed by atoms with Crippen LogP contribution < -0.4 is 10.1 Å². The summed E-state index contributed by atoms with van der Waals surface area (Å²) in [7, 11) is 0. The number of benzene rings is 2. The molecule has 2 aromatic carbocycles. The number of amides is 2. The van der Waals surface area contributed by atoms with Gasteiger partial charge < -0.3 is 15.0 Å². The first-order valence-electron chi connectivity index (χ1n) is 10.5. The topological polar surface area (TPSA) is 58.6 Å². The number of rotatable bonds is 5. The zero-order valence-electron chi connectivity index (χ0n) is 16.9. The quantitative estimate of drug-likeness (QED) is 0.842. The molecule has 1 heterocycles. The number of carbonyl (C=O) groups is 2. The van der Waals surface area contributed by atoms with Crippen molar-refractivity contribution in [2.24, 2.45) is 5.92 Å². The Labute approximate surface area is 172 Å². The fourth-order valence-electron chi connectivity index (χ4n) is 4.29. The van der Waals surface area contributed by atoms with E-state index in [0.717, 1.165) is 37.1 Å². The van der Waals surface area contributed by atoms with Gasteiger partial charge in [-0.2, -0.15) is 0 Å². The van der Waals surface area contributed by atoms with E-state index in [9.17, 15) is 9.59 Å². The second-order valence-electron chi connectivity index (χ2n) is 8.02. The van der Waals surface area contributed by atoms with Gasteiger partial charge in [-0.05, 0) is 74.4 Å². The molecule has 1 N–H and O–H groups in total. The molecule has 4 rings (SSSR count). The molecule has 2 amide bonds. The number of nitrogens with zero attached hydrogens (tertiary/aromatic N) is 1. The van der Waals surface area contributed by atoms with Gasteiger partial charge in [0.25, 0.3) is 5.91 Å². The highest BCUT2D eigenvalue weighted by Gasteiger charge is 2.31. The van der Waals surface area contributed by atoms with E-state index in [0.29, 0.717) is 13.1 Å². The molecule has 0 bridgehead atoms. The Balaban J connectivity index is 1.34. The van der Waals surface area contributed by atoms with Crippen molar-refractivity contribution in [2.45, 2.75) is 45.1 Å². The molecule has 152 valence electrons. The number of nitrogens with one attached hydrogen (secondary N) is 1. The van der Waals surface area contributed by atoms with Gasteiger partial charge in [0.1, 0.15) is 5.75 Å². The molecule has 1 aliphatic heterocycles. The molecule has 5 heteroatoms. The maximum absolute atomic E-state index is 12.9. The number of piperidine rings is 1. The van der Waals surface area contributed by atoms with E-state index in [2.05, 4.69) is 17.4 Å².